The van der Waals surface area contributed by atoms with Crippen molar-refractivity contribution in [3.05, 3.63) is 33.5 Å². The molecule has 2 rings (SSSR count). The van der Waals surface area contributed by atoms with E-state index in [1.54, 1.807) is 31.5 Å². The Hall–Kier alpha value is -2.66. The van der Waals surface area contributed by atoms with Crippen molar-refractivity contribution in [3.8, 4) is 6.07 Å². The van der Waals surface area contributed by atoms with Gasteiger partial charge in [0.2, 0.25) is 0 Å². The number of nitriles is 1. The summed E-state index contributed by atoms with van der Waals surface area (Å²) in [6, 6.07) is 3.72. The number of nitrogens with one attached hydrogen (secondary N) is 1. The van der Waals surface area contributed by atoms with Gasteiger partial charge in [-0.3, -0.25) is 9.48 Å². The molecule has 8 heteroatoms. The van der Waals surface area contributed by atoms with Crippen LogP contribution in [0.3, 0.4) is 0 Å². The lowest BCUT2D eigenvalue weighted by atomic mass is 10.2. The first-order valence-corrected chi connectivity index (χ1v) is 8.30. The maximum atomic E-state index is 12.5. The molecule has 0 aliphatic heterocycles. The number of hydrogen-bond acceptors (Lipinski definition) is 6. The van der Waals surface area contributed by atoms with Gasteiger partial charge in [-0.15, -0.1) is 11.3 Å². The second-order valence-electron chi connectivity index (χ2n) is 5.03. The molecular formula is C16H18N4O3S. The summed E-state index contributed by atoms with van der Waals surface area (Å²) in [5.74, 6) is -0.864. The molecule has 2 heterocycles. The van der Waals surface area contributed by atoms with Crippen molar-refractivity contribution in [2.24, 2.45) is 0 Å². The molecule has 0 bridgehead atoms. The van der Waals surface area contributed by atoms with Crippen LogP contribution in [0.5, 0.6) is 0 Å². The number of aryl methyl sites for hydroxylation is 2. The monoisotopic (exact) mass is 346 g/mol. The molecule has 0 saturated carbocycles. The van der Waals surface area contributed by atoms with Crippen LogP contribution in [0, 0.1) is 25.2 Å². The summed E-state index contributed by atoms with van der Waals surface area (Å²) in [6.07, 6.45) is 0. The highest BCUT2D eigenvalue weighted by molar-refractivity contribution is 7.18. The zero-order chi connectivity index (χ0) is 17.9. The highest BCUT2D eigenvalue weighted by Gasteiger charge is 2.23. The van der Waals surface area contributed by atoms with Gasteiger partial charge < -0.3 is 10.1 Å². The van der Waals surface area contributed by atoms with Crippen molar-refractivity contribution in [3.63, 3.8) is 0 Å². The van der Waals surface area contributed by atoms with E-state index in [0.717, 1.165) is 17.0 Å². The zero-order valence-electron chi connectivity index (χ0n) is 14.0. The van der Waals surface area contributed by atoms with E-state index in [2.05, 4.69) is 10.4 Å². The van der Waals surface area contributed by atoms with E-state index in [1.165, 1.54) is 0 Å². The van der Waals surface area contributed by atoms with Gasteiger partial charge in [0.05, 0.1) is 17.9 Å². The van der Waals surface area contributed by atoms with Gasteiger partial charge in [-0.05, 0) is 39.3 Å². The molecule has 1 amide bonds. The summed E-state index contributed by atoms with van der Waals surface area (Å²) >= 11 is 1.04. The van der Waals surface area contributed by atoms with Crippen molar-refractivity contribution in [2.75, 3.05) is 11.9 Å². The highest BCUT2D eigenvalue weighted by atomic mass is 32.1. The summed E-state index contributed by atoms with van der Waals surface area (Å²) in [5.41, 5.74) is 1.92. The third kappa shape index (κ3) is 3.31. The van der Waals surface area contributed by atoms with Crippen molar-refractivity contribution >= 4 is 28.2 Å². The molecule has 7 nitrogen and oxygen atoms in total. The summed E-state index contributed by atoms with van der Waals surface area (Å²) in [5, 5.41) is 16.6. The SMILES string of the molecule is CCOC(=O)c1sc(NC(=O)c2cc(C)nn2CC)c(C#N)c1C. The minimum absolute atomic E-state index is 0.245. The molecular weight excluding hydrogens is 328 g/mol. The molecule has 0 unspecified atom stereocenters. The highest BCUT2D eigenvalue weighted by Crippen LogP contribution is 2.33. The number of ether oxygens (including phenoxy) is 1. The van der Waals surface area contributed by atoms with Crippen molar-refractivity contribution in [1.29, 1.82) is 5.26 Å². The Morgan fingerprint density at radius 2 is 2.12 bits per heavy atom. The first kappa shape index (κ1) is 17.7. The molecule has 0 saturated heterocycles. The number of anilines is 1. The summed E-state index contributed by atoms with van der Waals surface area (Å²) in [7, 11) is 0. The Labute approximate surface area is 143 Å². The van der Waals surface area contributed by atoms with Crippen LogP contribution in [-0.4, -0.2) is 28.3 Å². The van der Waals surface area contributed by atoms with Gasteiger partial charge in [0.15, 0.2) is 0 Å². The second-order valence-corrected chi connectivity index (χ2v) is 6.05. The van der Waals surface area contributed by atoms with Crippen molar-refractivity contribution in [2.45, 2.75) is 34.2 Å². The Bertz CT molecular complexity index is 829. The smallest absolute Gasteiger partial charge is 0.348 e. The summed E-state index contributed by atoms with van der Waals surface area (Å²) in [6.45, 7) is 7.87. The molecule has 126 valence electrons. The van der Waals surface area contributed by atoms with Crippen LogP contribution in [-0.2, 0) is 11.3 Å². The van der Waals surface area contributed by atoms with Crippen LogP contribution in [0.4, 0.5) is 5.00 Å². The number of thiophene rings is 1. The Kier molecular flexibility index (Phi) is 5.36. The van der Waals surface area contributed by atoms with Crippen LogP contribution in [0.2, 0.25) is 0 Å². The number of amides is 1. The average Bonchev–Trinajstić information content (AvgIpc) is 3.07. The molecule has 0 aliphatic carbocycles. The third-order valence-electron chi connectivity index (χ3n) is 3.38. The van der Waals surface area contributed by atoms with E-state index in [-0.39, 0.29) is 18.1 Å². The predicted octanol–water partition coefficient (Wildman–Crippen LogP) is 2.88. The van der Waals surface area contributed by atoms with E-state index >= 15 is 0 Å². The number of carbonyl (C=O) groups excluding carboxylic acids is 2. The topological polar surface area (TPSA) is 97.0 Å². The van der Waals surface area contributed by atoms with Gasteiger partial charge in [-0.1, -0.05) is 0 Å². The molecule has 0 atom stereocenters. The second kappa shape index (κ2) is 7.27. The number of aromatic nitrogens is 2. The van der Waals surface area contributed by atoms with Crippen LogP contribution in [0.1, 0.15) is 50.8 Å². The molecule has 0 aliphatic rings. The molecule has 0 radical (unpaired) electrons. The maximum absolute atomic E-state index is 12.5. The first-order chi connectivity index (χ1) is 11.4. The molecule has 24 heavy (non-hydrogen) atoms. The molecule has 2 aromatic rings. The number of carbonyl (C=O) groups is 2. The largest absolute Gasteiger partial charge is 0.462 e. The normalized spacial score (nSPS) is 10.3. The predicted molar refractivity (Wildman–Crippen MR) is 90.3 cm³/mol. The lowest BCUT2D eigenvalue weighted by Crippen LogP contribution is -2.17. The quantitative estimate of drug-likeness (QED) is 0.840. The van der Waals surface area contributed by atoms with Crippen LogP contribution >= 0.6 is 11.3 Å². The van der Waals surface area contributed by atoms with E-state index in [9.17, 15) is 14.9 Å². The van der Waals surface area contributed by atoms with Crippen LogP contribution in [0.15, 0.2) is 6.07 Å². The minimum Gasteiger partial charge on any atom is -0.462 e. The average molecular weight is 346 g/mol. The lowest BCUT2D eigenvalue weighted by Gasteiger charge is -2.05. The van der Waals surface area contributed by atoms with Gasteiger partial charge in [0.1, 0.15) is 21.6 Å². The molecule has 2 aromatic heterocycles. The number of hydrogen-bond donors (Lipinski definition) is 1. The third-order valence-corrected chi connectivity index (χ3v) is 4.57. The Morgan fingerprint density at radius 1 is 1.42 bits per heavy atom. The fourth-order valence-electron chi connectivity index (χ4n) is 2.26. The van der Waals surface area contributed by atoms with Crippen molar-refractivity contribution in [1.82, 2.24) is 9.78 Å². The lowest BCUT2D eigenvalue weighted by molar-refractivity contribution is 0.0531. The van der Waals surface area contributed by atoms with Gasteiger partial charge in [-0.2, -0.15) is 10.4 Å². The van der Waals surface area contributed by atoms with Gasteiger partial charge in [0.25, 0.3) is 5.91 Å². The number of nitrogens with zero attached hydrogens (tertiary/aromatic N) is 3. The molecule has 1 N–H and O–H groups in total. The van der Waals surface area contributed by atoms with E-state index in [1.807, 2.05) is 13.0 Å². The molecule has 0 aromatic carbocycles. The fraction of sp³-hybridized carbons (Fsp3) is 0.375. The standard InChI is InChI=1S/C16H18N4O3S/c1-5-20-12(7-9(3)19-20)14(21)18-15-11(8-17)10(4)13(24-15)16(22)23-6-2/h7H,5-6H2,1-4H3,(H,18,21). The van der Waals surface area contributed by atoms with E-state index < -0.39 is 5.97 Å². The number of rotatable bonds is 5. The minimum atomic E-state index is -0.494. The molecule has 0 spiro atoms. The Morgan fingerprint density at radius 3 is 2.71 bits per heavy atom. The van der Waals surface area contributed by atoms with Crippen LogP contribution < -0.4 is 5.32 Å². The number of esters is 1. The van der Waals surface area contributed by atoms with Gasteiger partial charge in [0, 0.05) is 6.54 Å². The van der Waals surface area contributed by atoms with Gasteiger partial charge in [-0.25, -0.2) is 4.79 Å². The molecule has 0 fully saturated rings. The first-order valence-electron chi connectivity index (χ1n) is 7.49. The Balaban J connectivity index is 2.35. The van der Waals surface area contributed by atoms with Crippen molar-refractivity contribution < 1.29 is 14.3 Å². The van der Waals surface area contributed by atoms with Gasteiger partial charge >= 0.3 is 5.97 Å². The summed E-state index contributed by atoms with van der Waals surface area (Å²) in [4.78, 5) is 24.8. The maximum Gasteiger partial charge on any atom is 0.348 e. The van der Waals surface area contributed by atoms with E-state index in [0.29, 0.717) is 27.7 Å². The summed E-state index contributed by atoms with van der Waals surface area (Å²) < 4.78 is 6.57. The fourth-order valence-corrected chi connectivity index (χ4v) is 3.31. The van der Waals surface area contributed by atoms with E-state index in [4.69, 9.17) is 4.74 Å². The zero-order valence-corrected chi connectivity index (χ0v) is 14.8. The van der Waals surface area contributed by atoms with Crippen LogP contribution in [0.25, 0.3) is 0 Å².